The number of carbonyl (C=O) groups is 1. The molecule has 2 N–H and O–H groups in total. The largest absolute Gasteiger partial charge is 0.444 e. The van der Waals surface area contributed by atoms with E-state index < -0.39 is 5.60 Å². The molecule has 1 rings (SSSR count). The highest BCUT2D eigenvalue weighted by Crippen LogP contribution is 2.32. The van der Waals surface area contributed by atoms with E-state index in [2.05, 4.69) is 38.2 Å². The van der Waals surface area contributed by atoms with Gasteiger partial charge < -0.3 is 10.1 Å². The molecule has 1 saturated carbocycles. The van der Waals surface area contributed by atoms with Crippen molar-refractivity contribution in [3.8, 4) is 0 Å². The molecule has 1 fully saturated rings. The lowest BCUT2D eigenvalue weighted by molar-refractivity contribution is 0.0455. The van der Waals surface area contributed by atoms with E-state index in [0.29, 0.717) is 6.04 Å². The van der Waals surface area contributed by atoms with E-state index in [1.807, 2.05) is 20.8 Å². The number of carbonyl (C=O) groups excluding carboxylic acids is 1. The highest BCUT2D eigenvalue weighted by molar-refractivity contribution is 14.2. The molecule has 0 heterocycles. The summed E-state index contributed by atoms with van der Waals surface area (Å²) in [5.74, 6) is 0. The minimum absolute atomic E-state index is 0.208. The molecule has 1 amide bonds. The summed E-state index contributed by atoms with van der Waals surface area (Å²) >= 11 is 2.21. The third-order valence-corrected chi connectivity index (χ3v) is 4.07. The van der Waals surface area contributed by atoms with Crippen LogP contribution in [-0.4, -0.2) is 23.3 Å². The van der Waals surface area contributed by atoms with Gasteiger partial charge in [-0.05, 0) is 56.1 Å². The van der Waals surface area contributed by atoms with Crippen LogP contribution in [0.4, 0.5) is 4.79 Å². The third kappa shape index (κ3) is 4.82. The second-order valence-electron chi connectivity index (χ2n) is 5.68. The fourth-order valence-electron chi connectivity index (χ4n) is 2.10. The monoisotopic (exact) mass is 372 g/mol. The van der Waals surface area contributed by atoms with Gasteiger partial charge in [0.15, 0.2) is 0 Å². The zero-order valence-corrected chi connectivity index (χ0v) is 13.8. The average molecular weight is 372 g/mol. The number of alkyl carbamates (subject to hydrolysis) is 1. The maximum atomic E-state index is 11.8. The Morgan fingerprint density at radius 3 is 2.71 bits per heavy atom. The van der Waals surface area contributed by atoms with Crippen LogP contribution >= 0.6 is 30.3 Å². The van der Waals surface area contributed by atoms with Crippen LogP contribution in [0.25, 0.3) is 0 Å². The fraction of sp³-hybridized carbons (Fsp3) is 0.909. The van der Waals surface area contributed by atoms with E-state index in [1.54, 1.807) is 9.12 Å². The van der Waals surface area contributed by atoms with Crippen LogP contribution in [0.1, 0.15) is 47.0 Å². The molecule has 0 radical (unpaired) electrons. The van der Waals surface area contributed by atoms with Gasteiger partial charge in [-0.2, -0.15) is 0 Å². The van der Waals surface area contributed by atoms with Crippen molar-refractivity contribution < 1.29 is 9.53 Å². The SMILES string of the molecule is CC(C)(C)OC(=O)NC1(C)CCCC1NSI. The molecule has 17 heavy (non-hydrogen) atoms. The Hall–Kier alpha value is 0.310. The summed E-state index contributed by atoms with van der Waals surface area (Å²) in [6, 6.07) is 0.303. The van der Waals surface area contributed by atoms with Gasteiger partial charge in [0.25, 0.3) is 0 Å². The fourth-order valence-corrected chi connectivity index (χ4v) is 3.50. The Balaban J connectivity index is 2.56. The van der Waals surface area contributed by atoms with Crippen LogP contribution in [0.5, 0.6) is 0 Å². The molecule has 2 atom stereocenters. The van der Waals surface area contributed by atoms with Crippen LogP contribution in [0.3, 0.4) is 0 Å². The predicted octanol–water partition coefficient (Wildman–Crippen LogP) is 3.41. The van der Waals surface area contributed by atoms with E-state index >= 15 is 0 Å². The molecule has 0 spiro atoms. The number of hydrogen-bond donors (Lipinski definition) is 2. The Labute approximate surface area is 120 Å². The molecule has 0 aliphatic heterocycles. The topological polar surface area (TPSA) is 50.4 Å². The first-order valence-corrected chi connectivity index (χ1v) is 9.17. The molecule has 0 aromatic heterocycles. The van der Waals surface area contributed by atoms with Gasteiger partial charge >= 0.3 is 6.09 Å². The first-order chi connectivity index (χ1) is 7.77. The summed E-state index contributed by atoms with van der Waals surface area (Å²) in [5, 5.41) is 3.01. The number of ether oxygens (including phenoxy) is 1. The molecule has 2 unspecified atom stereocenters. The summed E-state index contributed by atoms with van der Waals surface area (Å²) in [7, 11) is 1.57. The zero-order valence-electron chi connectivity index (χ0n) is 10.8. The van der Waals surface area contributed by atoms with Crippen molar-refractivity contribution in [3.63, 3.8) is 0 Å². The Morgan fingerprint density at radius 2 is 2.18 bits per heavy atom. The minimum Gasteiger partial charge on any atom is -0.444 e. The first kappa shape index (κ1) is 15.4. The van der Waals surface area contributed by atoms with Crippen molar-refractivity contribution in [2.75, 3.05) is 0 Å². The lowest BCUT2D eigenvalue weighted by Gasteiger charge is -2.33. The van der Waals surface area contributed by atoms with E-state index in [1.165, 1.54) is 0 Å². The zero-order chi connectivity index (χ0) is 13.1. The maximum Gasteiger partial charge on any atom is 0.408 e. The molecule has 1 aliphatic carbocycles. The average Bonchev–Trinajstić information content (AvgIpc) is 2.44. The van der Waals surface area contributed by atoms with Crippen LogP contribution in [-0.2, 0) is 4.74 Å². The lowest BCUT2D eigenvalue weighted by atomic mass is 9.97. The quantitative estimate of drug-likeness (QED) is 0.589. The van der Waals surface area contributed by atoms with Gasteiger partial charge in [-0.1, -0.05) is 0 Å². The van der Waals surface area contributed by atoms with E-state index in [4.69, 9.17) is 4.74 Å². The minimum atomic E-state index is -0.444. The molecule has 4 nitrogen and oxygen atoms in total. The molecule has 1 aliphatic rings. The molecular weight excluding hydrogens is 351 g/mol. The second-order valence-corrected chi connectivity index (χ2v) is 7.40. The molecule has 100 valence electrons. The third-order valence-electron chi connectivity index (χ3n) is 2.93. The van der Waals surface area contributed by atoms with Gasteiger partial charge in [0.05, 0.1) is 5.54 Å². The standard InChI is InChI=1S/C11H21IN2O2S/c1-10(2,3)16-9(15)13-11(4)7-5-6-8(11)14-17-12/h8,14H,5-7H2,1-4H3,(H,13,15). The summed E-state index contributed by atoms with van der Waals surface area (Å²) in [5.41, 5.74) is -0.652. The van der Waals surface area contributed by atoms with Gasteiger partial charge in [0, 0.05) is 27.2 Å². The molecule has 0 aromatic rings. The van der Waals surface area contributed by atoms with Gasteiger partial charge in [-0.15, -0.1) is 0 Å². The van der Waals surface area contributed by atoms with Crippen molar-refractivity contribution >= 4 is 36.4 Å². The Kier molecular flexibility index (Phi) is 5.39. The summed E-state index contributed by atoms with van der Waals surface area (Å²) in [4.78, 5) is 11.8. The van der Waals surface area contributed by atoms with E-state index in [9.17, 15) is 4.79 Å². The van der Waals surface area contributed by atoms with E-state index in [0.717, 1.165) is 19.3 Å². The summed E-state index contributed by atoms with van der Waals surface area (Å²) in [6.45, 7) is 7.70. The summed E-state index contributed by atoms with van der Waals surface area (Å²) in [6.07, 6.45) is 2.87. The Morgan fingerprint density at radius 1 is 1.53 bits per heavy atom. The van der Waals surface area contributed by atoms with Gasteiger partial charge in [-0.3, -0.25) is 0 Å². The Bertz CT molecular complexity index is 283. The van der Waals surface area contributed by atoms with Crippen LogP contribution in [0.15, 0.2) is 0 Å². The molecule has 0 bridgehead atoms. The maximum absolute atomic E-state index is 11.8. The second kappa shape index (κ2) is 5.97. The van der Waals surface area contributed by atoms with Crippen LogP contribution < -0.4 is 10.0 Å². The number of amides is 1. The highest BCUT2D eigenvalue weighted by atomic mass is 127. The summed E-state index contributed by atoms with van der Waals surface area (Å²) < 4.78 is 8.64. The van der Waals surface area contributed by atoms with Gasteiger partial charge in [0.2, 0.25) is 0 Å². The number of rotatable bonds is 3. The van der Waals surface area contributed by atoms with Crippen molar-refractivity contribution in [3.05, 3.63) is 0 Å². The number of hydrogen-bond acceptors (Lipinski definition) is 4. The van der Waals surface area contributed by atoms with Crippen molar-refractivity contribution in [2.24, 2.45) is 0 Å². The smallest absolute Gasteiger partial charge is 0.408 e. The van der Waals surface area contributed by atoms with Gasteiger partial charge in [0.1, 0.15) is 5.60 Å². The van der Waals surface area contributed by atoms with Crippen molar-refractivity contribution in [1.29, 1.82) is 0 Å². The highest BCUT2D eigenvalue weighted by Gasteiger charge is 2.40. The van der Waals surface area contributed by atoms with Crippen LogP contribution in [0.2, 0.25) is 0 Å². The first-order valence-electron chi connectivity index (χ1n) is 5.81. The van der Waals surface area contributed by atoms with Gasteiger partial charge in [-0.25, -0.2) is 9.52 Å². The molecule has 6 heteroatoms. The van der Waals surface area contributed by atoms with E-state index in [-0.39, 0.29) is 11.6 Å². The predicted molar refractivity (Wildman–Crippen MR) is 80.2 cm³/mol. The van der Waals surface area contributed by atoms with Crippen LogP contribution in [0, 0.1) is 0 Å². The lowest BCUT2D eigenvalue weighted by Crippen LogP contribution is -2.55. The molecule has 0 saturated heterocycles. The number of halogens is 1. The normalized spacial score (nSPS) is 29.1. The molecular formula is C11H21IN2O2S. The van der Waals surface area contributed by atoms with Crippen molar-refractivity contribution in [1.82, 2.24) is 10.0 Å². The molecule has 0 aromatic carbocycles. The van der Waals surface area contributed by atoms with Crippen molar-refractivity contribution in [2.45, 2.75) is 64.1 Å². The number of nitrogens with one attached hydrogen (secondary N) is 2.